The molecule has 0 fully saturated rings. The smallest absolute Gasteiger partial charge is 0.248 e. The van der Waals surface area contributed by atoms with Crippen LogP contribution in [0.1, 0.15) is 32.1 Å². The Morgan fingerprint density at radius 3 is 3.11 bits per heavy atom. The van der Waals surface area contributed by atoms with E-state index in [4.69, 9.17) is 4.42 Å². The number of aromatic nitrogens is 2. The maximum absolute atomic E-state index is 11.5. The van der Waals surface area contributed by atoms with E-state index in [9.17, 15) is 4.79 Å². The number of unbranched alkanes of at least 4 members (excludes halogenated alkanes) is 1. The quantitative estimate of drug-likeness (QED) is 0.791. The summed E-state index contributed by atoms with van der Waals surface area (Å²) in [5.74, 6) is 1.05. The topological polar surface area (TPSA) is 68.0 Å². The van der Waals surface area contributed by atoms with Gasteiger partial charge in [0.25, 0.3) is 0 Å². The average Bonchev–Trinajstić information content (AvgIpc) is 3.07. The molecule has 0 atom stereocenters. The molecule has 0 saturated heterocycles. The van der Waals surface area contributed by atoms with Gasteiger partial charge in [0.2, 0.25) is 17.7 Å². The first-order valence-corrected chi connectivity index (χ1v) is 7.35. The first-order valence-electron chi connectivity index (χ1n) is 6.41. The molecule has 2 rings (SSSR count). The second-order valence-electron chi connectivity index (χ2n) is 4.22. The number of carbonyl (C=O) groups excluding carboxylic acids is 1. The third kappa shape index (κ3) is 4.17. The van der Waals surface area contributed by atoms with Gasteiger partial charge in [0, 0.05) is 30.3 Å². The molecular formula is C13H17N3O2S. The zero-order valence-electron chi connectivity index (χ0n) is 10.9. The van der Waals surface area contributed by atoms with Crippen LogP contribution in [0.2, 0.25) is 0 Å². The minimum Gasteiger partial charge on any atom is -0.421 e. The lowest BCUT2D eigenvalue weighted by Crippen LogP contribution is -2.24. The van der Waals surface area contributed by atoms with Crippen molar-refractivity contribution in [3.05, 3.63) is 22.7 Å². The lowest BCUT2D eigenvalue weighted by molar-refractivity contribution is -0.121. The van der Waals surface area contributed by atoms with E-state index in [2.05, 4.69) is 22.4 Å². The van der Waals surface area contributed by atoms with Crippen molar-refractivity contribution >= 4 is 17.2 Å². The van der Waals surface area contributed by atoms with Gasteiger partial charge < -0.3 is 9.73 Å². The highest BCUT2D eigenvalue weighted by molar-refractivity contribution is 7.08. The molecule has 0 aliphatic carbocycles. The normalized spacial score (nSPS) is 10.6. The van der Waals surface area contributed by atoms with Crippen molar-refractivity contribution in [2.45, 2.75) is 32.6 Å². The molecule has 0 spiro atoms. The number of rotatable bonds is 7. The maximum atomic E-state index is 11.5. The van der Waals surface area contributed by atoms with Gasteiger partial charge in [-0.05, 0) is 17.9 Å². The Hall–Kier alpha value is -1.69. The Kier molecular flexibility index (Phi) is 5.09. The largest absolute Gasteiger partial charge is 0.421 e. The predicted molar refractivity (Wildman–Crippen MR) is 73.8 cm³/mol. The molecule has 1 N–H and O–H groups in total. The van der Waals surface area contributed by atoms with Crippen LogP contribution in [0, 0.1) is 0 Å². The fraction of sp³-hybridized carbons (Fsp3) is 0.462. The van der Waals surface area contributed by atoms with Crippen LogP contribution in [0.25, 0.3) is 11.5 Å². The zero-order chi connectivity index (χ0) is 13.5. The molecule has 2 aromatic rings. The lowest BCUT2D eigenvalue weighted by atomic mass is 10.3. The summed E-state index contributed by atoms with van der Waals surface area (Å²) in [4.78, 5) is 11.5. The van der Waals surface area contributed by atoms with Gasteiger partial charge in [-0.3, -0.25) is 4.79 Å². The number of carbonyl (C=O) groups is 1. The summed E-state index contributed by atoms with van der Waals surface area (Å²) in [5, 5.41) is 14.7. The van der Waals surface area contributed by atoms with E-state index in [1.54, 1.807) is 11.3 Å². The maximum Gasteiger partial charge on any atom is 0.248 e. The van der Waals surface area contributed by atoms with Gasteiger partial charge in [-0.1, -0.05) is 13.3 Å². The summed E-state index contributed by atoms with van der Waals surface area (Å²) in [6.45, 7) is 2.83. The van der Waals surface area contributed by atoms with Crippen LogP contribution in [0.15, 0.2) is 21.2 Å². The number of nitrogens with one attached hydrogen (secondary N) is 1. The van der Waals surface area contributed by atoms with E-state index in [1.807, 2.05) is 16.8 Å². The molecule has 1 amide bonds. The molecule has 2 heterocycles. The molecule has 2 aromatic heterocycles. The lowest BCUT2D eigenvalue weighted by Gasteiger charge is -2.01. The second-order valence-corrected chi connectivity index (χ2v) is 5.00. The van der Waals surface area contributed by atoms with Crippen molar-refractivity contribution in [1.29, 1.82) is 0 Å². The summed E-state index contributed by atoms with van der Waals surface area (Å²) >= 11 is 1.58. The standard InChI is InChI=1S/C13H17N3O2S/c1-2-3-7-14-11(17)4-5-12-15-16-13(18-12)10-6-8-19-9-10/h6,8-9H,2-5,7H2,1H3,(H,14,17). The Morgan fingerprint density at radius 1 is 1.47 bits per heavy atom. The number of thiophene rings is 1. The van der Waals surface area contributed by atoms with E-state index in [1.165, 1.54) is 0 Å². The van der Waals surface area contributed by atoms with Crippen LogP contribution in [0.3, 0.4) is 0 Å². The Morgan fingerprint density at radius 2 is 2.37 bits per heavy atom. The first-order chi connectivity index (χ1) is 9.29. The summed E-state index contributed by atoms with van der Waals surface area (Å²) < 4.78 is 5.51. The molecule has 19 heavy (non-hydrogen) atoms. The molecule has 5 nitrogen and oxygen atoms in total. The van der Waals surface area contributed by atoms with E-state index in [-0.39, 0.29) is 5.91 Å². The Bertz CT molecular complexity index is 508. The molecule has 102 valence electrons. The highest BCUT2D eigenvalue weighted by atomic mass is 32.1. The monoisotopic (exact) mass is 279 g/mol. The van der Waals surface area contributed by atoms with Crippen LogP contribution in [0.5, 0.6) is 0 Å². The van der Waals surface area contributed by atoms with Gasteiger partial charge >= 0.3 is 0 Å². The fourth-order valence-corrected chi connectivity index (χ4v) is 2.20. The van der Waals surface area contributed by atoms with E-state index < -0.39 is 0 Å². The van der Waals surface area contributed by atoms with Crippen molar-refractivity contribution in [3.8, 4) is 11.5 Å². The second kappa shape index (κ2) is 7.04. The van der Waals surface area contributed by atoms with E-state index in [0.717, 1.165) is 24.9 Å². The molecule has 0 radical (unpaired) electrons. The molecule has 6 heteroatoms. The van der Waals surface area contributed by atoms with Crippen LogP contribution in [-0.4, -0.2) is 22.6 Å². The third-order valence-corrected chi connectivity index (χ3v) is 3.34. The van der Waals surface area contributed by atoms with Crippen molar-refractivity contribution in [3.63, 3.8) is 0 Å². The minimum absolute atomic E-state index is 0.0312. The number of hydrogen-bond donors (Lipinski definition) is 1. The highest BCUT2D eigenvalue weighted by Crippen LogP contribution is 2.20. The summed E-state index contributed by atoms with van der Waals surface area (Å²) in [7, 11) is 0. The van der Waals surface area contributed by atoms with Gasteiger partial charge in [-0.2, -0.15) is 11.3 Å². The molecule has 0 unspecified atom stereocenters. The van der Waals surface area contributed by atoms with Crippen molar-refractivity contribution in [2.75, 3.05) is 6.54 Å². The molecule has 0 bridgehead atoms. The molecule has 0 aromatic carbocycles. The van der Waals surface area contributed by atoms with E-state index in [0.29, 0.717) is 24.6 Å². The molecular weight excluding hydrogens is 262 g/mol. The minimum atomic E-state index is 0.0312. The van der Waals surface area contributed by atoms with Gasteiger partial charge in [0.1, 0.15) is 0 Å². The van der Waals surface area contributed by atoms with Crippen molar-refractivity contribution in [2.24, 2.45) is 0 Å². The van der Waals surface area contributed by atoms with Crippen LogP contribution >= 0.6 is 11.3 Å². The summed E-state index contributed by atoms with van der Waals surface area (Å²) in [6.07, 6.45) is 2.95. The molecule has 0 saturated carbocycles. The van der Waals surface area contributed by atoms with Gasteiger partial charge in [0.15, 0.2) is 0 Å². The average molecular weight is 279 g/mol. The van der Waals surface area contributed by atoms with Crippen molar-refractivity contribution in [1.82, 2.24) is 15.5 Å². The first kappa shape index (κ1) is 13.7. The summed E-state index contributed by atoms with van der Waals surface area (Å²) in [5.41, 5.74) is 0.927. The van der Waals surface area contributed by atoms with E-state index >= 15 is 0 Å². The highest BCUT2D eigenvalue weighted by Gasteiger charge is 2.10. The van der Waals surface area contributed by atoms with Crippen LogP contribution in [0.4, 0.5) is 0 Å². The fourth-order valence-electron chi connectivity index (χ4n) is 1.57. The number of hydrogen-bond acceptors (Lipinski definition) is 5. The Labute approximate surface area is 116 Å². The number of aryl methyl sites for hydroxylation is 1. The zero-order valence-corrected chi connectivity index (χ0v) is 11.7. The SMILES string of the molecule is CCCCNC(=O)CCc1nnc(-c2ccsc2)o1. The molecule has 0 aliphatic rings. The predicted octanol–water partition coefficient (Wildman–Crippen LogP) is 2.65. The molecule has 0 aliphatic heterocycles. The summed E-state index contributed by atoms with van der Waals surface area (Å²) in [6, 6.07) is 1.93. The third-order valence-electron chi connectivity index (χ3n) is 2.65. The van der Waals surface area contributed by atoms with Gasteiger partial charge in [-0.15, -0.1) is 10.2 Å². The number of nitrogens with zero attached hydrogens (tertiary/aromatic N) is 2. The van der Waals surface area contributed by atoms with Crippen molar-refractivity contribution < 1.29 is 9.21 Å². The van der Waals surface area contributed by atoms with Crippen LogP contribution in [-0.2, 0) is 11.2 Å². The van der Waals surface area contributed by atoms with Gasteiger partial charge in [-0.25, -0.2) is 0 Å². The van der Waals surface area contributed by atoms with Crippen LogP contribution < -0.4 is 5.32 Å². The van der Waals surface area contributed by atoms with Gasteiger partial charge in [0.05, 0.1) is 0 Å². The number of amides is 1. The Balaban J connectivity index is 1.79.